The topological polar surface area (TPSA) is 32.6 Å². The highest BCUT2D eigenvalue weighted by atomic mass is 35.5. The van der Waals surface area contributed by atoms with E-state index in [0.717, 1.165) is 11.1 Å². The fourth-order valence-corrected chi connectivity index (χ4v) is 1.61. The van der Waals surface area contributed by atoms with Gasteiger partial charge in [-0.05, 0) is 11.1 Å². The van der Waals surface area contributed by atoms with Crippen LogP contribution in [0.2, 0.25) is 0 Å². The molecular formula is C13H10ClNO. The van der Waals surface area contributed by atoms with E-state index < -0.39 is 0 Å². The summed E-state index contributed by atoms with van der Waals surface area (Å²) in [6, 6.07) is 17.6. The first-order chi connectivity index (χ1) is 7.81. The fourth-order valence-electron chi connectivity index (χ4n) is 1.49. The highest BCUT2D eigenvalue weighted by Gasteiger charge is 2.01. The molecule has 0 bridgehead atoms. The zero-order valence-electron chi connectivity index (χ0n) is 8.47. The second-order valence-electron chi connectivity index (χ2n) is 3.33. The molecule has 1 N–H and O–H groups in total. The summed E-state index contributed by atoms with van der Waals surface area (Å²) in [6.07, 6.45) is 0. The lowest BCUT2D eigenvalue weighted by atomic mass is 10.0. The van der Waals surface area contributed by atoms with Gasteiger partial charge in [0, 0.05) is 5.56 Å². The van der Waals surface area contributed by atoms with Crippen molar-refractivity contribution >= 4 is 16.8 Å². The van der Waals surface area contributed by atoms with Crippen molar-refractivity contribution in [3.8, 4) is 11.1 Å². The van der Waals surface area contributed by atoms with E-state index in [1.54, 1.807) is 0 Å². The van der Waals surface area contributed by atoms with Gasteiger partial charge in [-0.15, -0.1) is 0 Å². The van der Waals surface area contributed by atoms with Gasteiger partial charge in [0.25, 0.3) is 0 Å². The lowest BCUT2D eigenvalue weighted by molar-refractivity contribution is 0.321. The predicted molar refractivity (Wildman–Crippen MR) is 66.1 cm³/mol. The Morgan fingerprint density at radius 3 is 2.00 bits per heavy atom. The van der Waals surface area contributed by atoms with E-state index in [1.807, 2.05) is 54.6 Å². The molecule has 2 nitrogen and oxygen atoms in total. The molecule has 80 valence electrons. The molecule has 0 amide bonds. The summed E-state index contributed by atoms with van der Waals surface area (Å²) in [5.74, 6) is 0. The zero-order valence-corrected chi connectivity index (χ0v) is 9.22. The zero-order chi connectivity index (χ0) is 11.4. The first kappa shape index (κ1) is 10.7. The van der Waals surface area contributed by atoms with Crippen molar-refractivity contribution in [2.45, 2.75) is 0 Å². The molecule has 2 aromatic carbocycles. The first-order valence-electron chi connectivity index (χ1n) is 4.84. The average Bonchev–Trinajstić information content (AvgIpc) is 2.39. The summed E-state index contributed by atoms with van der Waals surface area (Å²) in [5, 5.41) is 11.6. The van der Waals surface area contributed by atoms with Gasteiger partial charge in [0.05, 0.1) is 0 Å². The van der Waals surface area contributed by atoms with Crippen LogP contribution in [0.5, 0.6) is 0 Å². The number of hydrogen-bond donors (Lipinski definition) is 1. The molecule has 0 saturated heterocycles. The fraction of sp³-hybridized carbons (Fsp3) is 0. The Balaban J connectivity index is 2.34. The van der Waals surface area contributed by atoms with Crippen molar-refractivity contribution in [1.29, 1.82) is 0 Å². The smallest absolute Gasteiger partial charge is 0.175 e. The third kappa shape index (κ3) is 2.23. The second-order valence-corrected chi connectivity index (χ2v) is 3.69. The number of benzene rings is 2. The Hall–Kier alpha value is -1.80. The minimum Gasteiger partial charge on any atom is -0.410 e. The summed E-state index contributed by atoms with van der Waals surface area (Å²) < 4.78 is 0. The van der Waals surface area contributed by atoms with Crippen LogP contribution in [-0.4, -0.2) is 10.4 Å². The highest BCUT2D eigenvalue weighted by molar-refractivity contribution is 6.69. The van der Waals surface area contributed by atoms with Crippen LogP contribution in [-0.2, 0) is 0 Å². The van der Waals surface area contributed by atoms with Crippen LogP contribution in [0.4, 0.5) is 0 Å². The molecule has 0 atom stereocenters. The molecule has 0 fully saturated rings. The summed E-state index contributed by atoms with van der Waals surface area (Å²) in [5.41, 5.74) is 2.95. The Kier molecular flexibility index (Phi) is 3.22. The molecule has 0 aliphatic rings. The third-order valence-corrected chi connectivity index (χ3v) is 2.61. The van der Waals surface area contributed by atoms with Gasteiger partial charge in [-0.25, -0.2) is 0 Å². The molecule has 0 radical (unpaired) electrons. The molecule has 0 saturated carbocycles. The van der Waals surface area contributed by atoms with Gasteiger partial charge in [-0.3, -0.25) is 0 Å². The van der Waals surface area contributed by atoms with Gasteiger partial charge < -0.3 is 5.21 Å². The lowest BCUT2D eigenvalue weighted by Gasteiger charge is -2.02. The molecule has 3 heteroatoms. The van der Waals surface area contributed by atoms with Gasteiger partial charge in [0.1, 0.15) is 0 Å². The van der Waals surface area contributed by atoms with E-state index in [0.29, 0.717) is 5.56 Å². The van der Waals surface area contributed by atoms with Crippen molar-refractivity contribution in [1.82, 2.24) is 0 Å². The Labute approximate surface area is 98.8 Å². The number of oxime groups is 1. The van der Waals surface area contributed by atoms with Crippen molar-refractivity contribution < 1.29 is 5.21 Å². The molecule has 2 rings (SSSR count). The van der Waals surface area contributed by atoms with Crippen molar-refractivity contribution in [2.75, 3.05) is 0 Å². The standard InChI is InChI=1S/C13H10ClNO/c14-13(15-16)12-8-6-11(7-9-12)10-4-2-1-3-5-10/h1-9,16H/b15-13-. The maximum atomic E-state index is 8.53. The van der Waals surface area contributed by atoms with E-state index in [2.05, 4.69) is 5.16 Å². The number of halogens is 1. The van der Waals surface area contributed by atoms with Gasteiger partial charge >= 0.3 is 0 Å². The van der Waals surface area contributed by atoms with Crippen LogP contribution in [0.15, 0.2) is 59.8 Å². The van der Waals surface area contributed by atoms with Crippen molar-refractivity contribution in [3.63, 3.8) is 0 Å². The van der Waals surface area contributed by atoms with Crippen LogP contribution in [0.1, 0.15) is 5.56 Å². The maximum absolute atomic E-state index is 8.53. The van der Waals surface area contributed by atoms with Gasteiger partial charge in [-0.1, -0.05) is 71.4 Å². The van der Waals surface area contributed by atoms with Crippen LogP contribution in [0, 0.1) is 0 Å². The summed E-state index contributed by atoms with van der Waals surface area (Å²) in [6.45, 7) is 0. The van der Waals surface area contributed by atoms with Gasteiger partial charge in [0.15, 0.2) is 5.17 Å². The maximum Gasteiger partial charge on any atom is 0.175 e. The molecule has 0 aromatic heterocycles. The Morgan fingerprint density at radius 1 is 0.875 bits per heavy atom. The van der Waals surface area contributed by atoms with E-state index in [-0.39, 0.29) is 5.17 Å². The summed E-state index contributed by atoms with van der Waals surface area (Å²) in [4.78, 5) is 0. The van der Waals surface area contributed by atoms with Crippen LogP contribution in [0.3, 0.4) is 0 Å². The molecule has 0 unspecified atom stereocenters. The Bertz CT molecular complexity index is 491. The van der Waals surface area contributed by atoms with Crippen LogP contribution >= 0.6 is 11.6 Å². The van der Waals surface area contributed by atoms with Crippen molar-refractivity contribution in [2.24, 2.45) is 5.16 Å². The van der Waals surface area contributed by atoms with Gasteiger partial charge in [0.2, 0.25) is 0 Å². The molecule has 0 heterocycles. The molecule has 0 aliphatic heterocycles. The monoisotopic (exact) mass is 231 g/mol. The van der Waals surface area contributed by atoms with E-state index in [9.17, 15) is 0 Å². The van der Waals surface area contributed by atoms with E-state index in [4.69, 9.17) is 16.8 Å². The number of rotatable bonds is 2. The normalized spacial score (nSPS) is 11.4. The van der Waals surface area contributed by atoms with Crippen LogP contribution < -0.4 is 0 Å². The molecule has 2 aromatic rings. The molecule has 0 spiro atoms. The van der Waals surface area contributed by atoms with Crippen molar-refractivity contribution in [3.05, 3.63) is 60.2 Å². The SMILES string of the molecule is O/N=C(\Cl)c1ccc(-c2ccccc2)cc1. The summed E-state index contributed by atoms with van der Waals surface area (Å²) >= 11 is 5.69. The molecule has 0 aliphatic carbocycles. The third-order valence-electron chi connectivity index (χ3n) is 2.32. The average molecular weight is 232 g/mol. The largest absolute Gasteiger partial charge is 0.410 e. The van der Waals surface area contributed by atoms with E-state index in [1.165, 1.54) is 0 Å². The highest BCUT2D eigenvalue weighted by Crippen LogP contribution is 2.19. The minimum absolute atomic E-state index is 0.0969. The first-order valence-corrected chi connectivity index (χ1v) is 5.22. The number of nitrogens with zero attached hydrogens (tertiary/aromatic N) is 1. The second kappa shape index (κ2) is 4.81. The minimum atomic E-state index is 0.0969. The quantitative estimate of drug-likeness (QED) is 0.477. The van der Waals surface area contributed by atoms with E-state index >= 15 is 0 Å². The predicted octanol–water partition coefficient (Wildman–Crippen LogP) is 3.73. The van der Waals surface area contributed by atoms with Crippen LogP contribution in [0.25, 0.3) is 11.1 Å². The Morgan fingerprint density at radius 2 is 1.44 bits per heavy atom. The summed E-state index contributed by atoms with van der Waals surface area (Å²) in [7, 11) is 0. The molecule has 16 heavy (non-hydrogen) atoms. The number of hydrogen-bond acceptors (Lipinski definition) is 2. The van der Waals surface area contributed by atoms with Gasteiger partial charge in [-0.2, -0.15) is 0 Å². The molecular weight excluding hydrogens is 222 g/mol. The lowest BCUT2D eigenvalue weighted by Crippen LogP contribution is -1.90.